The highest BCUT2D eigenvalue weighted by Gasteiger charge is 2.49. The summed E-state index contributed by atoms with van der Waals surface area (Å²) in [5, 5.41) is 11.9. The van der Waals surface area contributed by atoms with E-state index in [0.717, 1.165) is 22.5 Å². The van der Waals surface area contributed by atoms with E-state index >= 15 is 0 Å². The van der Waals surface area contributed by atoms with Gasteiger partial charge in [0.25, 0.3) is 5.78 Å². The molecule has 0 saturated carbocycles. The molecule has 1 saturated heterocycles. The molecule has 3 heterocycles. The summed E-state index contributed by atoms with van der Waals surface area (Å²) in [5.74, 6) is -1.20. The van der Waals surface area contributed by atoms with Gasteiger partial charge in [-0.15, -0.1) is 0 Å². The van der Waals surface area contributed by atoms with E-state index in [2.05, 4.69) is 11.6 Å². The van der Waals surface area contributed by atoms with E-state index in [1.165, 1.54) is 11.0 Å². The van der Waals surface area contributed by atoms with E-state index < -0.39 is 23.7 Å². The van der Waals surface area contributed by atoms with Crippen LogP contribution < -0.4 is 19.1 Å². The number of nitrogens with zero attached hydrogens (tertiary/aromatic N) is 2. The molecule has 6 rings (SSSR count). The van der Waals surface area contributed by atoms with Gasteiger partial charge in [0.1, 0.15) is 35.7 Å². The lowest BCUT2D eigenvalue weighted by Crippen LogP contribution is -2.29. The topological polar surface area (TPSA) is 124 Å². The van der Waals surface area contributed by atoms with Crippen molar-refractivity contribution in [3.8, 4) is 17.2 Å². The normalized spacial score (nSPS) is 17.9. The van der Waals surface area contributed by atoms with E-state index in [0.29, 0.717) is 53.7 Å². The Morgan fingerprint density at radius 1 is 1.10 bits per heavy atom. The average molecular weight is 667 g/mol. The summed E-state index contributed by atoms with van der Waals surface area (Å²) in [4.78, 5) is 46.4. The molecule has 2 atom stereocenters. The van der Waals surface area contributed by atoms with Crippen LogP contribution in [0.4, 0.5) is 5.13 Å². The number of amides is 1. The number of hydrogen-bond acceptors (Lipinski definition) is 10. The summed E-state index contributed by atoms with van der Waals surface area (Å²) in [5.41, 5.74) is 2.88. The highest BCUT2D eigenvalue weighted by molar-refractivity contribution is 7.17. The van der Waals surface area contributed by atoms with Gasteiger partial charge in [0, 0.05) is 12.0 Å². The zero-order chi connectivity index (χ0) is 33.9. The fourth-order valence-electron chi connectivity index (χ4n) is 5.76. The Kier molecular flexibility index (Phi) is 9.31. The van der Waals surface area contributed by atoms with Crippen molar-refractivity contribution in [2.75, 3.05) is 18.1 Å². The van der Waals surface area contributed by atoms with Gasteiger partial charge in [0.15, 0.2) is 16.6 Å². The first-order valence-electron chi connectivity index (χ1n) is 15.5. The van der Waals surface area contributed by atoms with Crippen LogP contribution in [-0.4, -0.2) is 47.1 Å². The molecule has 48 heavy (non-hydrogen) atoms. The number of aliphatic hydroxyl groups excluding tert-OH is 1. The summed E-state index contributed by atoms with van der Waals surface area (Å²) < 4.78 is 23.1. The average Bonchev–Trinajstić information content (AvgIpc) is 3.74. The van der Waals surface area contributed by atoms with E-state index in [9.17, 15) is 19.5 Å². The third-order valence-corrected chi connectivity index (χ3v) is 9.08. The molecule has 1 N–H and O–H groups in total. The molecule has 10 nitrogen and oxygen atoms in total. The maximum absolute atomic E-state index is 13.9. The third kappa shape index (κ3) is 6.28. The Balaban J connectivity index is 1.47. The standard InChI is InChI=1S/C37H34N2O8S/c1-5-16-45-36(43)34-22(4)38-37(48-34)39-31(24-12-15-28(29(19-24)44-6-2)46-20-23-10-8-7-9-11-23)30(33(41)35(39)42)32(40)25-13-14-27-26(18-25)17-21(3)47-27/h5,7-15,18-19,21,31,40H,1,6,16-17,20H2,2-4H3/t21-,31-/m0/s1. The van der Waals surface area contributed by atoms with Crippen molar-refractivity contribution >= 4 is 39.9 Å². The van der Waals surface area contributed by atoms with Crippen LogP contribution in [0.5, 0.6) is 17.2 Å². The molecule has 246 valence electrons. The molecule has 0 unspecified atom stereocenters. The number of carbonyl (C=O) groups excluding carboxylic acids is 3. The number of aryl methyl sites for hydroxylation is 1. The summed E-state index contributed by atoms with van der Waals surface area (Å²) in [6.07, 6.45) is 2.06. The molecule has 11 heteroatoms. The van der Waals surface area contributed by atoms with Crippen LogP contribution in [0.1, 0.15) is 57.5 Å². The Labute approximate surface area is 281 Å². The predicted molar refractivity (Wildman–Crippen MR) is 181 cm³/mol. The largest absolute Gasteiger partial charge is 0.507 e. The molecule has 0 spiro atoms. The molecule has 2 aliphatic heterocycles. The summed E-state index contributed by atoms with van der Waals surface area (Å²) in [6, 6.07) is 18.9. The van der Waals surface area contributed by atoms with Crippen molar-refractivity contribution in [3.05, 3.63) is 118 Å². The lowest BCUT2D eigenvalue weighted by Gasteiger charge is -2.24. The van der Waals surface area contributed by atoms with Gasteiger partial charge in [0.2, 0.25) is 0 Å². The Hall–Kier alpha value is -5.42. The number of ketones is 1. The number of esters is 1. The van der Waals surface area contributed by atoms with Crippen LogP contribution in [-0.2, 0) is 27.4 Å². The number of thiazole rings is 1. The number of benzene rings is 3. The number of aliphatic hydroxyl groups is 1. The molecule has 1 amide bonds. The molecule has 1 aromatic heterocycles. The molecule has 0 aliphatic carbocycles. The van der Waals surface area contributed by atoms with Crippen molar-refractivity contribution < 1.29 is 38.4 Å². The molecular formula is C37H34N2O8S. The van der Waals surface area contributed by atoms with Gasteiger partial charge in [-0.2, -0.15) is 0 Å². The first kappa shape index (κ1) is 32.5. The first-order chi connectivity index (χ1) is 23.2. The lowest BCUT2D eigenvalue weighted by molar-refractivity contribution is -0.132. The van der Waals surface area contributed by atoms with Gasteiger partial charge in [-0.3, -0.25) is 14.5 Å². The number of Topliss-reactive ketones (excluding diaryl/α,β-unsaturated/α-hetero) is 1. The maximum Gasteiger partial charge on any atom is 0.350 e. The molecule has 0 bridgehead atoms. The van der Waals surface area contributed by atoms with Gasteiger partial charge < -0.3 is 24.1 Å². The number of carbonyl (C=O) groups is 3. The number of ether oxygens (including phenoxy) is 4. The van der Waals surface area contributed by atoms with Crippen LogP contribution in [0.3, 0.4) is 0 Å². The van der Waals surface area contributed by atoms with E-state index in [1.807, 2.05) is 44.2 Å². The van der Waals surface area contributed by atoms with Gasteiger partial charge in [-0.05, 0) is 67.8 Å². The highest BCUT2D eigenvalue weighted by atomic mass is 32.1. The number of hydrogen-bond donors (Lipinski definition) is 1. The predicted octanol–water partition coefficient (Wildman–Crippen LogP) is 6.72. The highest BCUT2D eigenvalue weighted by Crippen LogP contribution is 2.46. The SMILES string of the molecule is C=CCOC(=O)c1sc(N2C(=O)C(=O)C(=C(O)c3ccc4c(c3)C[C@H](C)O4)[C@@H]2c2ccc(OCc3ccccc3)c(OCC)c2)nc1C. The van der Waals surface area contributed by atoms with Crippen LogP contribution in [0.25, 0.3) is 5.76 Å². The van der Waals surface area contributed by atoms with Crippen molar-refractivity contribution in [1.29, 1.82) is 0 Å². The third-order valence-electron chi connectivity index (χ3n) is 7.94. The second-order valence-corrected chi connectivity index (χ2v) is 12.3. The summed E-state index contributed by atoms with van der Waals surface area (Å²) in [6.45, 7) is 9.59. The molecule has 4 aromatic rings. The van der Waals surface area contributed by atoms with Crippen molar-refractivity contribution in [3.63, 3.8) is 0 Å². The Morgan fingerprint density at radius 3 is 2.65 bits per heavy atom. The smallest absolute Gasteiger partial charge is 0.350 e. The quantitative estimate of drug-likeness (QED) is 0.0611. The first-order valence-corrected chi connectivity index (χ1v) is 16.3. The number of rotatable bonds is 11. The zero-order valence-electron chi connectivity index (χ0n) is 26.7. The summed E-state index contributed by atoms with van der Waals surface area (Å²) in [7, 11) is 0. The Morgan fingerprint density at radius 2 is 1.90 bits per heavy atom. The van der Waals surface area contributed by atoms with Gasteiger partial charge in [-0.25, -0.2) is 9.78 Å². The fourth-order valence-corrected chi connectivity index (χ4v) is 6.75. The van der Waals surface area contributed by atoms with E-state index in [-0.39, 0.29) is 34.1 Å². The summed E-state index contributed by atoms with van der Waals surface area (Å²) >= 11 is 0.925. The van der Waals surface area contributed by atoms with Crippen LogP contribution in [0.15, 0.2) is 85.0 Å². The minimum atomic E-state index is -1.11. The molecule has 2 aliphatic rings. The van der Waals surface area contributed by atoms with Crippen LogP contribution in [0, 0.1) is 6.92 Å². The van der Waals surface area contributed by atoms with Gasteiger partial charge in [0.05, 0.1) is 23.9 Å². The second kappa shape index (κ2) is 13.7. The van der Waals surface area contributed by atoms with Crippen molar-refractivity contribution in [2.45, 2.75) is 45.9 Å². The minimum Gasteiger partial charge on any atom is -0.507 e. The number of anilines is 1. The molecule has 3 aromatic carbocycles. The molecule has 0 radical (unpaired) electrons. The maximum atomic E-state index is 13.9. The molecular weight excluding hydrogens is 632 g/mol. The fraction of sp³-hybridized carbons (Fsp3) is 0.243. The molecule has 1 fully saturated rings. The van der Waals surface area contributed by atoms with Crippen LogP contribution in [0.2, 0.25) is 0 Å². The zero-order valence-corrected chi connectivity index (χ0v) is 27.5. The van der Waals surface area contributed by atoms with Crippen LogP contribution >= 0.6 is 11.3 Å². The lowest BCUT2D eigenvalue weighted by atomic mass is 9.94. The second-order valence-electron chi connectivity index (χ2n) is 11.3. The van der Waals surface area contributed by atoms with Crippen molar-refractivity contribution in [1.82, 2.24) is 4.98 Å². The minimum absolute atomic E-state index is 0.000482. The van der Waals surface area contributed by atoms with E-state index in [1.54, 1.807) is 43.3 Å². The van der Waals surface area contributed by atoms with Gasteiger partial charge in [-0.1, -0.05) is 60.4 Å². The number of fused-ring (bicyclic) bond motifs is 1. The van der Waals surface area contributed by atoms with Gasteiger partial charge >= 0.3 is 11.9 Å². The monoisotopic (exact) mass is 666 g/mol. The van der Waals surface area contributed by atoms with E-state index in [4.69, 9.17) is 18.9 Å². The Bertz CT molecular complexity index is 1930. The number of aromatic nitrogens is 1. The van der Waals surface area contributed by atoms with Crippen molar-refractivity contribution in [2.24, 2.45) is 0 Å².